The second kappa shape index (κ2) is 17.3. The van der Waals surface area contributed by atoms with E-state index in [2.05, 4.69) is 66.8 Å². The van der Waals surface area contributed by atoms with Crippen LogP contribution in [0.3, 0.4) is 0 Å². The summed E-state index contributed by atoms with van der Waals surface area (Å²) in [5.74, 6) is 0.873. The van der Waals surface area contributed by atoms with Gasteiger partial charge in [-0.15, -0.1) is 0 Å². The van der Waals surface area contributed by atoms with Gasteiger partial charge in [-0.3, -0.25) is 14.4 Å². The van der Waals surface area contributed by atoms with Crippen LogP contribution in [0.2, 0.25) is 0 Å². The van der Waals surface area contributed by atoms with E-state index in [1.807, 2.05) is 0 Å². The van der Waals surface area contributed by atoms with Crippen molar-refractivity contribution >= 4 is 17.8 Å². The Labute approximate surface area is 330 Å². The second-order valence-corrected chi connectivity index (χ2v) is 21.2. The molecule has 5 rings (SSSR count). The summed E-state index contributed by atoms with van der Waals surface area (Å²) in [6.45, 7) is 20.4. The molecule has 0 aromatic heterocycles. The van der Waals surface area contributed by atoms with Crippen LogP contribution in [0, 0.1) is 50.2 Å². The van der Waals surface area contributed by atoms with Crippen LogP contribution in [-0.4, -0.2) is 35.6 Å². The average Bonchev–Trinajstić information content (AvgIpc) is 3.10. The van der Waals surface area contributed by atoms with Crippen molar-refractivity contribution in [3.05, 3.63) is 11.6 Å². The van der Waals surface area contributed by atoms with Crippen molar-refractivity contribution in [2.75, 3.05) is 6.54 Å². The quantitative estimate of drug-likeness (QED) is 0.0826. The number of hydrogen-bond acceptors (Lipinski definition) is 4. The zero-order chi connectivity index (χ0) is 39.4. The van der Waals surface area contributed by atoms with E-state index in [4.69, 9.17) is 9.84 Å². The van der Waals surface area contributed by atoms with E-state index in [9.17, 15) is 14.4 Å². The van der Waals surface area contributed by atoms with Crippen LogP contribution >= 0.6 is 0 Å². The van der Waals surface area contributed by atoms with Crippen LogP contribution < -0.4 is 5.32 Å². The Hall–Kier alpha value is -1.85. The van der Waals surface area contributed by atoms with Gasteiger partial charge in [-0.1, -0.05) is 125 Å². The number of hydrogen-bond donors (Lipinski definition) is 2. The number of carbonyl (C=O) groups is 3. The molecule has 2 N–H and O–H groups in total. The van der Waals surface area contributed by atoms with Crippen molar-refractivity contribution < 1.29 is 24.2 Å². The first-order valence-corrected chi connectivity index (χ1v) is 22.9. The number of carbonyl (C=O) groups excluding carboxylic acids is 2. The molecule has 1 amide bonds. The Balaban J connectivity index is 1.25. The standard InChI is InChI=1S/C48H81NO5/c1-9-10-11-12-13-14-15-16-19-22-41(52)54-39-26-27-45(6)37(44(39,4)5)25-28-47(8)38(45)24-23-35-36-34-43(2,3)29-31-48(36,32-30-46(35,47)7)42(53)49-33-20-17-18-21-40(50)51/h23,36-39H,9-22,24-34H2,1-8H3,(H,49,53)(H,50,51)/t36-,37-,38+,39-,45-,46+,47+,48-/m0/s1. The highest BCUT2D eigenvalue weighted by Crippen LogP contribution is 2.76. The van der Waals surface area contributed by atoms with Gasteiger partial charge in [0.15, 0.2) is 0 Å². The van der Waals surface area contributed by atoms with Gasteiger partial charge in [0.05, 0.1) is 5.41 Å². The summed E-state index contributed by atoms with van der Waals surface area (Å²) in [5.41, 5.74) is 1.80. The van der Waals surface area contributed by atoms with Gasteiger partial charge in [-0.05, 0) is 123 Å². The maximum Gasteiger partial charge on any atom is 0.306 e. The van der Waals surface area contributed by atoms with E-state index in [1.165, 1.54) is 57.8 Å². The minimum absolute atomic E-state index is 0.00766. The minimum Gasteiger partial charge on any atom is -0.481 e. The molecule has 6 heteroatoms. The van der Waals surface area contributed by atoms with Crippen molar-refractivity contribution in [3.63, 3.8) is 0 Å². The highest BCUT2D eigenvalue weighted by atomic mass is 16.5. The Morgan fingerprint density at radius 2 is 1.37 bits per heavy atom. The van der Waals surface area contributed by atoms with Gasteiger partial charge >= 0.3 is 11.9 Å². The highest BCUT2D eigenvalue weighted by molar-refractivity contribution is 5.84. The van der Waals surface area contributed by atoms with Gasteiger partial charge in [0.2, 0.25) is 5.91 Å². The molecule has 0 spiro atoms. The number of unbranched alkanes of at least 4 members (excludes halogenated alkanes) is 10. The molecule has 54 heavy (non-hydrogen) atoms. The molecule has 6 nitrogen and oxygen atoms in total. The van der Waals surface area contributed by atoms with Crippen molar-refractivity contribution in [3.8, 4) is 0 Å². The van der Waals surface area contributed by atoms with E-state index in [0.29, 0.717) is 31.2 Å². The number of rotatable bonds is 18. The van der Waals surface area contributed by atoms with E-state index in [-0.39, 0.29) is 62.8 Å². The maximum atomic E-state index is 14.3. The smallest absolute Gasteiger partial charge is 0.306 e. The SMILES string of the molecule is CCCCCCCCCCCC(=O)O[C@H]1CC[C@]2(C)[C@H]3CC=C4[C@@H]5CC(C)(C)CC[C@]5(C(=O)NCCCCCC(=O)O)CC[C@@]4(C)[C@]3(C)CC[C@H]2C1(C)C. The van der Waals surface area contributed by atoms with Crippen molar-refractivity contribution in [1.82, 2.24) is 5.32 Å². The number of esters is 1. The van der Waals surface area contributed by atoms with E-state index < -0.39 is 5.97 Å². The number of ether oxygens (including phenoxy) is 1. The summed E-state index contributed by atoms with van der Waals surface area (Å²) in [6.07, 6.45) is 27.7. The largest absolute Gasteiger partial charge is 0.481 e. The van der Waals surface area contributed by atoms with Crippen LogP contribution in [-0.2, 0) is 19.1 Å². The third-order valence-electron chi connectivity index (χ3n) is 17.1. The van der Waals surface area contributed by atoms with Gasteiger partial charge in [0, 0.05) is 24.8 Å². The molecule has 308 valence electrons. The van der Waals surface area contributed by atoms with E-state index in [0.717, 1.165) is 77.0 Å². The first-order chi connectivity index (χ1) is 25.5. The Morgan fingerprint density at radius 3 is 2.06 bits per heavy atom. The molecule has 0 aromatic carbocycles. The van der Waals surface area contributed by atoms with Crippen LogP contribution in [0.1, 0.15) is 209 Å². The highest BCUT2D eigenvalue weighted by Gasteiger charge is 2.69. The number of fused-ring (bicyclic) bond motifs is 7. The number of carboxylic acid groups (broad SMARTS) is 1. The van der Waals surface area contributed by atoms with Crippen molar-refractivity contribution in [1.29, 1.82) is 0 Å². The molecule has 0 saturated heterocycles. The fourth-order valence-electron chi connectivity index (χ4n) is 13.6. The summed E-state index contributed by atoms with van der Waals surface area (Å²) in [4.78, 5) is 38.5. The Bertz CT molecular complexity index is 1350. The molecule has 0 bridgehead atoms. The molecule has 5 aliphatic carbocycles. The van der Waals surface area contributed by atoms with Gasteiger partial charge in [0.25, 0.3) is 0 Å². The number of carboxylic acids is 1. The normalized spacial score (nSPS) is 36.4. The number of nitrogens with one attached hydrogen (secondary N) is 1. The van der Waals surface area contributed by atoms with Crippen LogP contribution in [0.5, 0.6) is 0 Å². The van der Waals surface area contributed by atoms with Gasteiger partial charge in [-0.25, -0.2) is 0 Å². The topological polar surface area (TPSA) is 92.7 Å². The summed E-state index contributed by atoms with van der Waals surface area (Å²) >= 11 is 0. The van der Waals surface area contributed by atoms with Crippen LogP contribution in [0.25, 0.3) is 0 Å². The minimum atomic E-state index is -0.744. The second-order valence-electron chi connectivity index (χ2n) is 21.2. The van der Waals surface area contributed by atoms with Gasteiger partial charge in [-0.2, -0.15) is 0 Å². The van der Waals surface area contributed by atoms with Gasteiger partial charge in [0.1, 0.15) is 6.10 Å². The molecule has 0 heterocycles. The summed E-state index contributed by atoms with van der Waals surface area (Å²) < 4.78 is 6.40. The van der Waals surface area contributed by atoms with Gasteiger partial charge < -0.3 is 15.2 Å². The zero-order valence-corrected chi connectivity index (χ0v) is 36.1. The molecule has 4 saturated carbocycles. The predicted molar refractivity (Wildman–Crippen MR) is 220 cm³/mol. The number of allylic oxidation sites excluding steroid dienone is 2. The number of aliphatic carboxylic acids is 1. The van der Waals surface area contributed by atoms with Crippen LogP contribution in [0.15, 0.2) is 11.6 Å². The van der Waals surface area contributed by atoms with Crippen LogP contribution in [0.4, 0.5) is 0 Å². The number of amides is 1. The molecular weight excluding hydrogens is 671 g/mol. The lowest BCUT2D eigenvalue weighted by Crippen LogP contribution is -2.65. The molecule has 4 fully saturated rings. The predicted octanol–water partition coefficient (Wildman–Crippen LogP) is 12.4. The zero-order valence-electron chi connectivity index (χ0n) is 36.1. The average molecular weight is 752 g/mol. The van der Waals surface area contributed by atoms with Crippen molar-refractivity contribution in [2.45, 2.75) is 216 Å². The fourth-order valence-corrected chi connectivity index (χ4v) is 13.6. The molecule has 5 aliphatic rings. The maximum absolute atomic E-state index is 14.3. The molecular formula is C48H81NO5. The summed E-state index contributed by atoms with van der Waals surface area (Å²) in [5, 5.41) is 12.4. The molecule has 0 radical (unpaired) electrons. The van der Waals surface area contributed by atoms with E-state index in [1.54, 1.807) is 5.57 Å². The lowest BCUT2D eigenvalue weighted by molar-refractivity contribution is -0.213. The first kappa shape index (κ1) is 43.3. The fraction of sp³-hybridized carbons (Fsp3) is 0.896. The van der Waals surface area contributed by atoms with Crippen molar-refractivity contribution in [2.24, 2.45) is 50.2 Å². The summed E-state index contributed by atoms with van der Waals surface area (Å²) in [6, 6.07) is 0. The third kappa shape index (κ3) is 8.53. The lowest BCUT2D eigenvalue weighted by Gasteiger charge is -2.71. The molecule has 0 unspecified atom stereocenters. The van der Waals surface area contributed by atoms with E-state index >= 15 is 0 Å². The first-order valence-electron chi connectivity index (χ1n) is 22.9. The Kier molecular flexibility index (Phi) is 13.9. The summed E-state index contributed by atoms with van der Waals surface area (Å²) in [7, 11) is 0. The Morgan fingerprint density at radius 1 is 0.741 bits per heavy atom. The molecule has 0 aliphatic heterocycles. The lowest BCUT2D eigenvalue weighted by atomic mass is 9.33. The molecule has 0 aromatic rings. The monoisotopic (exact) mass is 752 g/mol. The molecule has 8 atom stereocenters. The third-order valence-corrected chi connectivity index (χ3v) is 17.1.